The number of aromatic amines is 1. The van der Waals surface area contributed by atoms with Crippen LogP contribution in [0.1, 0.15) is 41.6 Å². The number of hydrogen-bond donors (Lipinski definition) is 3. The van der Waals surface area contributed by atoms with Crippen LogP contribution in [0.4, 0.5) is 11.4 Å². The fourth-order valence-electron chi connectivity index (χ4n) is 5.02. The Hall–Kier alpha value is -3.88. The minimum atomic E-state index is -0.956. The molecule has 1 aliphatic rings. The van der Waals surface area contributed by atoms with Crippen LogP contribution in [0.25, 0.3) is 11.0 Å². The number of aliphatic hydroxyl groups excluding tert-OH is 1. The number of aliphatic hydroxyl groups is 1. The molecule has 5 rings (SSSR count). The van der Waals surface area contributed by atoms with E-state index in [1.54, 1.807) is 30.6 Å². The third kappa shape index (κ3) is 4.97. The van der Waals surface area contributed by atoms with E-state index in [4.69, 9.17) is 16.3 Å². The predicted octanol–water partition coefficient (Wildman–Crippen LogP) is 5.59. The number of anilines is 2. The molecule has 2 heterocycles. The van der Waals surface area contributed by atoms with Gasteiger partial charge in [0.2, 0.25) is 0 Å². The number of rotatable bonds is 8. The molecule has 0 spiro atoms. The SMILES string of the molecule is CN(C)c1cnc2[nH]cc(C(=O)c3ccc(Oc4ccccc4)cc3Cl)c2c1NC1(C=O)CCCC(O)C1. The van der Waals surface area contributed by atoms with Gasteiger partial charge in [0.25, 0.3) is 0 Å². The predicted molar refractivity (Wildman–Crippen MR) is 149 cm³/mol. The van der Waals surface area contributed by atoms with Crippen LogP contribution >= 0.6 is 11.6 Å². The number of ketones is 1. The molecule has 196 valence electrons. The minimum Gasteiger partial charge on any atom is -0.457 e. The Balaban J connectivity index is 1.55. The van der Waals surface area contributed by atoms with E-state index in [1.807, 2.05) is 49.3 Å². The van der Waals surface area contributed by atoms with Crippen LogP contribution in [-0.2, 0) is 4.79 Å². The normalized spacial score (nSPS) is 19.2. The largest absolute Gasteiger partial charge is 0.457 e. The smallest absolute Gasteiger partial charge is 0.196 e. The second kappa shape index (κ2) is 10.5. The molecule has 0 bridgehead atoms. The highest BCUT2D eigenvalue weighted by molar-refractivity contribution is 6.36. The molecular formula is C29H29ClN4O4. The number of benzene rings is 2. The van der Waals surface area contributed by atoms with Crippen LogP contribution in [0.5, 0.6) is 11.5 Å². The van der Waals surface area contributed by atoms with Gasteiger partial charge in [-0.1, -0.05) is 29.8 Å². The number of aldehydes is 1. The maximum atomic E-state index is 13.8. The number of para-hydroxylation sites is 1. The summed E-state index contributed by atoms with van der Waals surface area (Å²) in [4.78, 5) is 35.6. The number of pyridine rings is 1. The lowest BCUT2D eigenvalue weighted by molar-refractivity contribution is -0.113. The molecule has 4 aromatic rings. The molecule has 8 nitrogen and oxygen atoms in total. The van der Waals surface area contributed by atoms with Crippen molar-refractivity contribution in [1.82, 2.24) is 9.97 Å². The van der Waals surface area contributed by atoms with Crippen molar-refractivity contribution < 1.29 is 19.4 Å². The van der Waals surface area contributed by atoms with E-state index >= 15 is 0 Å². The van der Waals surface area contributed by atoms with E-state index < -0.39 is 11.6 Å². The zero-order valence-electron chi connectivity index (χ0n) is 21.2. The Morgan fingerprint density at radius 2 is 2.00 bits per heavy atom. The zero-order chi connectivity index (χ0) is 26.9. The Kier molecular flexibility index (Phi) is 7.10. The third-order valence-electron chi connectivity index (χ3n) is 6.93. The molecule has 2 aromatic heterocycles. The standard InChI is InChI=1S/C29H29ClN4O4/c1-34(2)24-16-32-28-25(26(24)33-29(17-35)12-6-7-18(36)14-29)22(15-31-28)27(37)21-11-10-20(13-23(21)30)38-19-8-4-3-5-9-19/h3-5,8-11,13,15-18,36H,6-7,12,14H2,1-2H3,(H2,31,32,33). The molecule has 2 unspecified atom stereocenters. The maximum absolute atomic E-state index is 13.8. The number of nitrogens with one attached hydrogen (secondary N) is 2. The molecule has 38 heavy (non-hydrogen) atoms. The van der Waals surface area contributed by atoms with Gasteiger partial charge in [0.1, 0.15) is 23.4 Å². The van der Waals surface area contributed by atoms with Crippen molar-refractivity contribution in [2.75, 3.05) is 24.3 Å². The van der Waals surface area contributed by atoms with Crippen LogP contribution < -0.4 is 15.0 Å². The summed E-state index contributed by atoms with van der Waals surface area (Å²) in [7, 11) is 3.74. The number of fused-ring (bicyclic) bond motifs is 1. The number of hydrogen-bond acceptors (Lipinski definition) is 7. The van der Waals surface area contributed by atoms with Gasteiger partial charge in [-0.05, 0) is 43.5 Å². The van der Waals surface area contributed by atoms with Crippen LogP contribution in [-0.4, -0.2) is 52.9 Å². The lowest BCUT2D eigenvalue weighted by Gasteiger charge is -2.37. The van der Waals surface area contributed by atoms with E-state index in [9.17, 15) is 14.7 Å². The van der Waals surface area contributed by atoms with Crippen molar-refractivity contribution in [2.24, 2.45) is 0 Å². The second-order valence-electron chi connectivity index (χ2n) is 9.87. The summed E-state index contributed by atoms with van der Waals surface area (Å²) >= 11 is 6.57. The lowest BCUT2D eigenvalue weighted by atomic mass is 9.81. The first-order chi connectivity index (χ1) is 18.3. The molecular weight excluding hydrogens is 504 g/mol. The Morgan fingerprint density at radius 1 is 1.21 bits per heavy atom. The number of H-pyrrole nitrogens is 1. The number of halogens is 1. The summed E-state index contributed by atoms with van der Waals surface area (Å²) < 4.78 is 5.85. The van der Waals surface area contributed by atoms with Crippen molar-refractivity contribution >= 4 is 46.1 Å². The van der Waals surface area contributed by atoms with E-state index in [0.717, 1.165) is 6.29 Å². The first-order valence-corrected chi connectivity index (χ1v) is 12.9. The van der Waals surface area contributed by atoms with Gasteiger partial charge in [-0.3, -0.25) is 4.79 Å². The van der Waals surface area contributed by atoms with Gasteiger partial charge in [-0.25, -0.2) is 4.98 Å². The van der Waals surface area contributed by atoms with Gasteiger partial charge in [-0.15, -0.1) is 0 Å². The maximum Gasteiger partial charge on any atom is 0.196 e. The molecule has 0 radical (unpaired) electrons. The summed E-state index contributed by atoms with van der Waals surface area (Å²) in [5.41, 5.74) is 1.54. The quantitative estimate of drug-likeness (QED) is 0.200. The summed E-state index contributed by atoms with van der Waals surface area (Å²) in [6, 6.07) is 14.3. The van der Waals surface area contributed by atoms with Gasteiger partial charge >= 0.3 is 0 Å². The van der Waals surface area contributed by atoms with E-state index in [2.05, 4.69) is 15.3 Å². The van der Waals surface area contributed by atoms with Crippen molar-refractivity contribution in [3.8, 4) is 11.5 Å². The average molecular weight is 533 g/mol. The molecule has 0 amide bonds. The summed E-state index contributed by atoms with van der Waals surface area (Å²) in [5.74, 6) is 0.880. The molecule has 2 atom stereocenters. The highest BCUT2D eigenvalue weighted by Crippen LogP contribution is 2.40. The highest BCUT2D eigenvalue weighted by atomic mass is 35.5. The van der Waals surface area contributed by atoms with Crippen molar-refractivity contribution in [3.05, 3.63) is 77.1 Å². The molecule has 1 fully saturated rings. The van der Waals surface area contributed by atoms with Crippen molar-refractivity contribution in [3.63, 3.8) is 0 Å². The first kappa shape index (κ1) is 25.8. The number of carbonyl (C=O) groups is 2. The number of ether oxygens (including phenoxy) is 1. The topological polar surface area (TPSA) is 108 Å². The fraction of sp³-hybridized carbons (Fsp3) is 0.276. The van der Waals surface area contributed by atoms with Gasteiger partial charge in [0.15, 0.2) is 5.78 Å². The average Bonchev–Trinajstić information content (AvgIpc) is 3.34. The number of nitrogens with zero attached hydrogens (tertiary/aromatic N) is 2. The Morgan fingerprint density at radius 3 is 2.68 bits per heavy atom. The molecule has 3 N–H and O–H groups in total. The van der Waals surface area contributed by atoms with Gasteiger partial charge in [0, 0.05) is 38.3 Å². The van der Waals surface area contributed by atoms with E-state index in [1.165, 1.54) is 0 Å². The fourth-order valence-corrected chi connectivity index (χ4v) is 5.28. The molecule has 1 saturated carbocycles. The molecule has 0 saturated heterocycles. The Labute approximate surface area is 225 Å². The Bertz CT molecular complexity index is 1490. The molecule has 2 aromatic carbocycles. The van der Waals surface area contributed by atoms with Crippen molar-refractivity contribution in [1.29, 1.82) is 0 Å². The zero-order valence-corrected chi connectivity index (χ0v) is 22.0. The molecule has 9 heteroatoms. The summed E-state index contributed by atoms with van der Waals surface area (Å²) in [5, 5.41) is 14.6. The minimum absolute atomic E-state index is 0.253. The van der Waals surface area contributed by atoms with Crippen LogP contribution in [0.2, 0.25) is 5.02 Å². The molecule has 1 aliphatic carbocycles. The van der Waals surface area contributed by atoms with Gasteiger partial charge in [0.05, 0.1) is 45.2 Å². The van der Waals surface area contributed by atoms with E-state index in [0.29, 0.717) is 64.3 Å². The van der Waals surface area contributed by atoms with Crippen LogP contribution in [0, 0.1) is 0 Å². The number of aromatic nitrogens is 2. The first-order valence-electron chi connectivity index (χ1n) is 12.5. The summed E-state index contributed by atoms with van der Waals surface area (Å²) in [6.45, 7) is 0. The van der Waals surface area contributed by atoms with Gasteiger partial charge < -0.3 is 29.8 Å². The number of carbonyl (C=O) groups excluding carboxylic acids is 2. The van der Waals surface area contributed by atoms with Crippen LogP contribution in [0.15, 0.2) is 60.9 Å². The van der Waals surface area contributed by atoms with Crippen LogP contribution in [0.3, 0.4) is 0 Å². The van der Waals surface area contributed by atoms with Crippen molar-refractivity contribution in [2.45, 2.75) is 37.3 Å². The lowest BCUT2D eigenvalue weighted by Crippen LogP contribution is -2.46. The highest BCUT2D eigenvalue weighted by Gasteiger charge is 2.37. The van der Waals surface area contributed by atoms with E-state index in [-0.39, 0.29) is 17.2 Å². The van der Waals surface area contributed by atoms with Gasteiger partial charge in [-0.2, -0.15) is 0 Å². The second-order valence-corrected chi connectivity index (χ2v) is 10.3. The summed E-state index contributed by atoms with van der Waals surface area (Å²) in [6.07, 6.45) is 5.82. The molecule has 0 aliphatic heterocycles. The third-order valence-corrected chi connectivity index (χ3v) is 7.24. The monoisotopic (exact) mass is 532 g/mol.